The van der Waals surface area contributed by atoms with Crippen molar-refractivity contribution < 1.29 is 14.3 Å². The summed E-state index contributed by atoms with van der Waals surface area (Å²) in [5, 5.41) is 7.75. The number of para-hydroxylation sites is 1. The van der Waals surface area contributed by atoms with Crippen molar-refractivity contribution >= 4 is 50.6 Å². The highest BCUT2D eigenvalue weighted by molar-refractivity contribution is 7.19. The van der Waals surface area contributed by atoms with Gasteiger partial charge in [-0.05, 0) is 41.8 Å². The number of methoxy groups -OCH3 is 1. The van der Waals surface area contributed by atoms with Gasteiger partial charge in [0.2, 0.25) is 5.82 Å². The average molecular weight is 481 g/mol. The van der Waals surface area contributed by atoms with Crippen LogP contribution >= 0.6 is 22.9 Å². The van der Waals surface area contributed by atoms with Crippen LogP contribution in [-0.4, -0.2) is 29.6 Å². The number of carbonyl (C=O) groups excluding carboxylic acids is 1. The first kappa shape index (κ1) is 21.6. The van der Waals surface area contributed by atoms with Crippen LogP contribution in [0.15, 0.2) is 48.5 Å². The number of thiophene rings is 1. The van der Waals surface area contributed by atoms with Crippen molar-refractivity contribution in [3.05, 3.63) is 75.4 Å². The van der Waals surface area contributed by atoms with Gasteiger partial charge in [0.25, 0.3) is 5.91 Å². The molecular formula is C24H21ClN4O3S. The Labute approximate surface area is 199 Å². The number of anilines is 2. The van der Waals surface area contributed by atoms with E-state index in [1.54, 1.807) is 18.4 Å². The monoisotopic (exact) mass is 480 g/mol. The van der Waals surface area contributed by atoms with Gasteiger partial charge in [0, 0.05) is 17.1 Å². The van der Waals surface area contributed by atoms with E-state index in [-0.39, 0.29) is 11.7 Å². The Kier molecular flexibility index (Phi) is 6.13. The van der Waals surface area contributed by atoms with Crippen LogP contribution in [0, 0.1) is 0 Å². The normalized spacial score (nSPS) is 12.9. The van der Waals surface area contributed by atoms with Crippen LogP contribution < -0.4 is 15.4 Å². The molecule has 0 unspecified atom stereocenters. The van der Waals surface area contributed by atoms with Gasteiger partial charge in [-0.3, -0.25) is 4.79 Å². The summed E-state index contributed by atoms with van der Waals surface area (Å²) in [4.78, 5) is 24.0. The number of halogens is 1. The summed E-state index contributed by atoms with van der Waals surface area (Å²) in [6.07, 6.45) is 0.789. The summed E-state index contributed by atoms with van der Waals surface area (Å²) >= 11 is 7.83. The fourth-order valence-electron chi connectivity index (χ4n) is 3.77. The number of hydrogen-bond donors (Lipinski definition) is 2. The number of rotatable bonds is 6. The Balaban J connectivity index is 1.50. The van der Waals surface area contributed by atoms with Gasteiger partial charge >= 0.3 is 0 Å². The predicted molar refractivity (Wildman–Crippen MR) is 131 cm³/mol. The first-order valence-corrected chi connectivity index (χ1v) is 11.6. The number of ether oxygens (including phenoxy) is 2. The lowest BCUT2D eigenvalue weighted by Gasteiger charge is -2.14. The van der Waals surface area contributed by atoms with Gasteiger partial charge in [-0.2, -0.15) is 0 Å². The van der Waals surface area contributed by atoms with E-state index in [1.165, 1.54) is 5.56 Å². The van der Waals surface area contributed by atoms with E-state index in [9.17, 15) is 4.79 Å². The van der Waals surface area contributed by atoms with Gasteiger partial charge in [-0.25, -0.2) is 9.97 Å². The number of aromatic nitrogens is 2. The first-order chi connectivity index (χ1) is 16.1. The van der Waals surface area contributed by atoms with E-state index >= 15 is 0 Å². The summed E-state index contributed by atoms with van der Waals surface area (Å²) in [6, 6.07) is 14.9. The molecular weight excluding hydrogens is 460 g/mol. The molecule has 0 saturated heterocycles. The maximum Gasteiger partial charge on any atom is 0.293 e. The fraction of sp³-hybridized carbons (Fsp3) is 0.208. The topological polar surface area (TPSA) is 85.4 Å². The Morgan fingerprint density at radius 2 is 2.06 bits per heavy atom. The highest BCUT2D eigenvalue weighted by Crippen LogP contribution is 2.37. The number of amides is 1. The lowest BCUT2D eigenvalue weighted by molar-refractivity contribution is 0.101. The van der Waals surface area contributed by atoms with E-state index in [0.717, 1.165) is 27.1 Å². The zero-order valence-electron chi connectivity index (χ0n) is 17.9. The molecule has 0 atom stereocenters. The third-order valence-electron chi connectivity index (χ3n) is 5.37. The van der Waals surface area contributed by atoms with Gasteiger partial charge in [0.1, 0.15) is 16.4 Å². The van der Waals surface area contributed by atoms with E-state index < -0.39 is 0 Å². The van der Waals surface area contributed by atoms with E-state index in [2.05, 4.69) is 20.6 Å². The van der Waals surface area contributed by atoms with Crippen LogP contribution in [0.5, 0.6) is 5.75 Å². The van der Waals surface area contributed by atoms with E-state index in [1.807, 2.05) is 48.5 Å². The smallest absolute Gasteiger partial charge is 0.293 e. The molecule has 1 aliphatic rings. The van der Waals surface area contributed by atoms with Gasteiger partial charge in [0.05, 0.1) is 30.7 Å². The predicted octanol–water partition coefficient (Wildman–Crippen LogP) is 5.29. The Morgan fingerprint density at radius 3 is 2.85 bits per heavy atom. The quantitative estimate of drug-likeness (QED) is 0.390. The number of carbonyl (C=O) groups is 1. The maximum absolute atomic E-state index is 12.9. The van der Waals surface area contributed by atoms with Crippen molar-refractivity contribution in [2.75, 3.05) is 24.4 Å². The molecule has 0 bridgehead atoms. The molecule has 0 fully saturated rings. The summed E-state index contributed by atoms with van der Waals surface area (Å²) in [5.41, 5.74) is 2.84. The van der Waals surface area contributed by atoms with Crippen LogP contribution in [0.1, 0.15) is 26.6 Å². The highest BCUT2D eigenvalue weighted by atomic mass is 35.5. The van der Waals surface area contributed by atoms with Gasteiger partial charge < -0.3 is 20.1 Å². The SMILES string of the molecule is COc1ccc(CNc2nc(C(=O)Nc3ccccc3)nc3sc4c(c23)CCOC4)cc1Cl. The third-order valence-corrected chi connectivity index (χ3v) is 6.77. The van der Waals surface area contributed by atoms with Crippen LogP contribution in [0.4, 0.5) is 11.5 Å². The molecule has 2 aromatic carbocycles. The minimum absolute atomic E-state index is 0.112. The van der Waals surface area contributed by atoms with Gasteiger partial charge in [0.15, 0.2) is 0 Å². The summed E-state index contributed by atoms with van der Waals surface area (Å²) in [6.45, 7) is 1.69. The molecule has 168 valence electrons. The highest BCUT2D eigenvalue weighted by Gasteiger charge is 2.23. The molecule has 2 N–H and O–H groups in total. The standard InChI is InChI=1S/C24H21ClN4O3S/c1-31-18-8-7-14(11-17(18)25)12-26-21-20-16-9-10-32-13-19(16)33-24(20)29-22(28-21)23(30)27-15-5-3-2-4-6-15/h2-8,11H,9-10,12-13H2,1H3,(H,27,30)(H,26,28,29). The number of nitrogens with zero attached hydrogens (tertiary/aromatic N) is 2. The van der Waals surface area contributed by atoms with Crippen LogP contribution in [0.3, 0.4) is 0 Å². The molecule has 2 aromatic heterocycles. The van der Waals surface area contributed by atoms with Gasteiger partial charge in [-0.1, -0.05) is 35.9 Å². The van der Waals surface area contributed by atoms with Crippen molar-refractivity contribution in [3.63, 3.8) is 0 Å². The maximum atomic E-state index is 12.9. The third kappa shape index (κ3) is 4.50. The van der Waals surface area contributed by atoms with Crippen molar-refractivity contribution in [1.29, 1.82) is 0 Å². The minimum Gasteiger partial charge on any atom is -0.495 e. The molecule has 3 heterocycles. The summed E-state index contributed by atoms with van der Waals surface area (Å²) < 4.78 is 10.9. The Hall–Kier alpha value is -3.20. The Bertz CT molecular complexity index is 1330. The fourth-order valence-corrected chi connectivity index (χ4v) is 5.20. The molecule has 7 nitrogen and oxygen atoms in total. The molecule has 1 aliphatic heterocycles. The van der Waals surface area contributed by atoms with Crippen molar-refractivity contribution in [2.45, 2.75) is 19.6 Å². The number of nitrogens with one attached hydrogen (secondary N) is 2. The van der Waals surface area contributed by atoms with Crippen molar-refractivity contribution in [1.82, 2.24) is 9.97 Å². The molecule has 33 heavy (non-hydrogen) atoms. The summed E-state index contributed by atoms with van der Waals surface area (Å²) in [5.74, 6) is 1.00. The first-order valence-electron chi connectivity index (χ1n) is 10.4. The second kappa shape index (κ2) is 9.35. The number of benzene rings is 2. The molecule has 0 aliphatic carbocycles. The largest absolute Gasteiger partial charge is 0.495 e. The molecule has 4 aromatic rings. The lowest BCUT2D eigenvalue weighted by Crippen LogP contribution is -2.17. The van der Waals surface area contributed by atoms with Gasteiger partial charge in [-0.15, -0.1) is 11.3 Å². The van der Waals surface area contributed by atoms with Crippen LogP contribution in [0.25, 0.3) is 10.2 Å². The second-order valence-corrected chi connectivity index (χ2v) is 9.02. The number of hydrogen-bond acceptors (Lipinski definition) is 7. The van der Waals surface area contributed by atoms with E-state index in [4.69, 9.17) is 21.1 Å². The molecule has 0 radical (unpaired) electrons. The second-order valence-electron chi connectivity index (χ2n) is 7.52. The van der Waals surface area contributed by atoms with Crippen LogP contribution in [-0.2, 0) is 24.3 Å². The number of fused-ring (bicyclic) bond motifs is 3. The van der Waals surface area contributed by atoms with Crippen LogP contribution in [0.2, 0.25) is 5.02 Å². The summed E-state index contributed by atoms with van der Waals surface area (Å²) in [7, 11) is 1.59. The Morgan fingerprint density at radius 1 is 1.21 bits per heavy atom. The molecule has 0 spiro atoms. The lowest BCUT2D eigenvalue weighted by atomic mass is 10.1. The minimum atomic E-state index is -0.360. The zero-order valence-corrected chi connectivity index (χ0v) is 19.4. The molecule has 9 heteroatoms. The molecule has 0 saturated carbocycles. The van der Waals surface area contributed by atoms with Crippen molar-refractivity contribution in [2.24, 2.45) is 0 Å². The zero-order chi connectivity index (χ0) is 22.8. The van der Waals surface area contributed by atoms with Crippen molar-refractivity contribution in [3.8, 4) is 5.75 Å². The average Bonchev–Trinajstić information content (AvgIpc) is 3.22. The van der Waals surface area contributed by atoms with E-state index in [0.29, 0.717) is 42.0 Å². The molecule has 5 rings (SSSR count). The molecule has 1 amide bonds.